The SMILES string of the molecule is CC(C)n1cnc2cc(CCNC(=O)C3=NNC(=O)CC3)ccc21. The lowest BCUT2D eigenvalue weighted by Crippen LogP contribution is -2.37. The van der Waals surface area contributed by atoms with Gasteiger partial charge in [0.15, 0.2) is 0 Å². The summed E-state index contributed by atoms with van der Waals surface area (Å²) in [5.41, 5.74) is 5.91. The van der Waals surface area contributed by atoms with E-state index in [-0.39, 0.29) is 11.8 Å². The molecule has 3 rings (SSSR count). The van der Waals surface area contributed by atoms with Gasteiger partial charge in [-0.3, -0.25) is 9.59 Å². The third-order valence-electron chi connectivity index (χ3n) is 4.06. The van der Waals surface area contributed by atoms with Crippen LogP contribution in [0.2, 0.25) is 0 Å². The molecule has 2 aromatic rings. The Bertz CT molecular complexity index is 806. The molecule has 2 amide bonds. The molecule has 0 saturated heterocycles. The van der Waals surface area contributed by atoms with E-state index in [9.17, 15) is 9.59 Å². The normalized spacial score (nSPS) is 14.6. The topological polar surface area (TPSA) is 88.4 Å². The van der Waals surface area contributed by atoms with E-state index in [1.165, 1.54) is 0 Å². The summed E-state index contributed by atoms with van der Waals surface area (Å²) in [5.74, 6) is -0.374. The Morgan fingerprint density at radius 3 is 2.92 bits per heavy atom. The number of benzene rings is 1. The Labute approximate surface area is 140 Å². The van der Waals surface area contributed by atoms with Crippen molar-refractivity contribution < 1.29 is 9.59 Å². The first kappa shape index (κ1) is 16.2. The number of amides is 2. The fourth-order valence-electron chi connectivity index (χ4n) is 2.70. The molecule has 1 aliphatic rings. The fraction of sp³-hybridized carbons (Fsp3) is 0.412. The average molecular weight is 327 g/mol. The van der Waals surface area contributed by atoms with Crippen molar-refractivity contribution in [2.45, 2.75) is 39.2 Å². The highest BCUT2D eigenvalue weighted by atomic mass is 16.2. The van der Waals surface area contributed by atoms with Crippen LogP contribution < -0.4 is 10.7 Å². The maximum Gasteiger partial charge on any atom is 0.267 e. The van der Waals surface area contributed by atoms with Gasteiger partial charge in [0.25, 0.3) is 5.91 Å². The van der Waals surface area contributed by atoms with Gasteiger partial charge in [0.2, 0.25) is 5.91 Å². The molecular formula is C17H21N5O2. The molecule has 1 aliphatic heterocycles. The molecule has 1 aromatic heterocycles. The number of hydrazone groups is 1. The van der Waals surface area contributed by atoms with Crippen molar-refractivity contribution in [1.82, 2.24) is 20.3 Å². The summed E-state index contributed by atoms with van der Waals surface area (Å²) in [5, 5.41) is 6.63. The molecule has 0 bridgehead atoms. The van der Waals surface area contributed by atoms with Crippen LogP contribution in [0.15, 0.2) is 29.6 Å². The zero-order valence-corrected chi connectivity index (χ0v) is 13.9. The molecule has 7 nitrogen and oxygen atoms in total. The third-order valence-corrected chi connectivity index (χ3v) is 4.06. The number of fused-ring (bicyclic) bond motifs is 1. The van der Waals surface area contributed by atoms with Crippen LogP contribution >= 0.6 is 0 Å². The van der Waals surface area contributed by atoms with Crippen LogP contribution in [0, 0.1) is 0 Å². The Morgan fingerprint density at radius 2 is 2.21 bits per heavy atom. The lowest BCUT2D eigenvalue weighted by Gasteiger charge is -2.12. The molecule has 126 valence electrons. The zero-order valence-electron chi connectivity index (χ0n) is 13.9. The number of rotatable bonds is 5. The number of nitrogens with one attached hydrogen (secondary N) is 2. The first-order chi connectivity index (χ1) is 11.5. The summed E-state index contributed by atoms with van der Waals surface area (Å²) in [6, 6.07) is 6.56. The monoisotopic (exact) mass is 327 g/mol. The van der Waals surface area contributed by atoms with E-state index in [1.54, 1.807) is 0 Å². The van der Waals surface area contributed by atoms with Gasteiger partial charge in [-0.1, -0.05) is 6.07 Å². The molecule has 1 aromatic carbocycles. The van der Waals surface area contributed by atoms with Crippen LogP contribution in [0.5, 0.6) is 0 Å². The van der Waals surface area contributed by atoms with Gasteiger partial charge < -0.3 is 9.88 Å². The number of hydrogen-bond acceptors (Lipinski definition) is 4. The third kappa shape index (κ3) is 3.45. The fourth-order valence-corrected chi connectivity index (χ4v) is 2.70. The average Bonchev–Trinajstić information content (AvgIpc) is 2.99. The Kier molecular flexibility index (Phi) is 4.59. The molecule has 0 saturated carbocycles. The lowest BCUT2D eigenvalue weighted by atomic mass is 10.1. The second kappa shape index (κ2) is 6.82. The highest BCUT2D eigenvalue weighted by Crippen LogP contribution is 2.18. The van der Waals surface area contributed by atoms with Crippen LogP contribution in [-0.2, 0) is 16.0 Å². The number of hydrogen-bond donors (Lipinski definition) is 2. The highest BCUT2D eigenvalue weighted by Gasteiger charge is 2.17. The molecule has 0 fully saturated rings. The summed E-state index contributed by atoms with van der Waals surface area (Å²) in [4.78, 5) is 27.4. The van der Waals surface area contributed by atoms with E-state index in [4.69, 9.17) is 0 Å². The Hall–Kier alpha value is -2.70. The minimum atomic E-state index is -0.222. The van der Waals surface area contributed by atoms with Crippen LogP contribution in [0.3, 0.4) is 0 Å². The first-order valence-electron chi connectivity index (χ1n) is 8.13. The second-order valence-electron chi connectivity index (χ2n) is 6.17. The molecule has 0 unspecified atom stereocenters. The van der Waals surface area contributed by atoms with E-state index in [0.717, 1.165) is 23.0 Å². The van der Waals surface area contributed by atoms with Crippen molar-refractivity contribution in [2.24, 2.45) is 5.10 Å². The van der Waals surface area contributed by atoms with Crippen molar-refractivity contribution in [3.05, 3.63) is 30.1 Å². The van der Waals surface area contributed by atoms with Crippen LogP contribution in [0.1, 0.15) is 38.3 Å². The summed E-state index contributed by atoms with van der Waals surface area (Å²) in [6.07, 6.45) is 3.27. The van der Waals surface area contributed by atoms with Gasteiger partial charge in [-0.15, -0.1) is 0 Å². The quantitative estimate of drug-likeness (QED) is 0.873. The molecule has 0 spiro atoms. The van der Waals surface area contributed by atoms with Gasteiger partial charge in [-0.25, -0.2) is 10.4 Å². The predicted octanol–water partition coefficient (Wildman–Crippen LogP) is 1.54. The largest absolute Gasteiger partial charge is 0.351 e. The summed E-state index contributed by atoms with van der Waals surface area (Å²) in [6.45, 7) is 4.77. The standard InChI is InChI=1S/C17H21N5O2/c1-11(2)22-10-19-14-9-12(3-5-15(14)22)7-8-18-17(24)13-4-6-16(23)21-20-13/h3,5,9-11H,4,6-8H2,1-2H3,(H,18,24)(H,21,23). The van der Waals surface area contributed by atoms with Crippen LogP contribution in [0.4, 0.5) is 0 Å². The summed E-state index contributed by atoms with van der Waals surface area (Å²) < 4.78 is 2.14. The smallest absolute Gasteiger partial charge is 0.267 e. The molecule has 0 aliphatic carbocycles. The van der Waals surface area contributed by atoms with E-state index in [1.807, 2.05) is 6.33 Å². The van der Waals surface area contributed by atoms with Gasteiger partial charge in [0.05, 0.1) is 17.4 Å². The van der Waals surface area contributed by atoms with Crippen molar-refractivity contribution in [1.29, 1.82) is 0 Å². The highest BCUT2D eigenvalue weighted by molar-refractivity contribution is 6.39. The maximum absolute atomic E-state index is 12.0. The van der Waals surface area contributed by atoms with Crippen molar-refractivity contribution >= 4 is 28.6 Å². The molecule has 0 atom stereocenters. The lowest BCUT2D eigenvalue weighted by molar-refractivity contribution is -0.121. The molecule has 2 N–H and O–H groups in total. The van der Waals surface area contributed by atoms with E-state index >= 15 is 0 Å². The number of nitrogens with zero attached hydrogens (tertiary/aromatic N) is 3. The molecule has 0 radical (unpaired) electrons. The van der Waals surface area contributed by atoms with E-state index < -0.39 is 0 Å². The summed E-state index contributed by atoms with van der Waals surface area (Å²) >= 11 is 0. The molecule has 24 heavy (non-hydrogen) atoms. The Balaban J connectivity index is 1.58. The predicted molar refractivity (Wildman–Crippen MR) is 91.6 cm³/mol. The van der Waals surface area contributed by atoms with Crippen molar-refractivity contribution in [3.63, 3.8) is 0 Å². The van der Waals surface area contributed by atoms with Gasteiger partial charge in [0, 0.05) is 25.4 Å². The van der Waals surface area contributed by atoms with Crippen LogP contribution in [-0.4, -0.2) is 33.6 Å². The number of aromatic nitrogens is 2. The summed E-state index contributed by atoms with van der Waals surface area (Å²) in [7, 11) is 0. The van der Waals surface area contributed by atoms with Crippen molar-refractivity contribution in [2.75, 3.05) is 6.54 Å². The second-order valence-corrected chi connectivity index (χ2v) is 6.17. The van der Waals surface area contributed by atoms with Gasteiger partial charge >= 0.3 is 0 Å². The molecular weight excluding hydrogens is 306 g/mol. The number of imidazole rings is 1. The van der Waals surface area contributed by atoms with Gasteiger partial charge in [-0.05, 0) is 38.0 Å². The van der Waals surface area contributed by atoms with Gasteiger partial charge in [0.1, 0.15) is 5.71 Å². The van der Waals surface area contributed by atoms with E-state index in [0.29, 0.717) is 31.1 Å². The van der Waals surface area contributed by atoms with E-state index in [2.05, 4.69) is 57.4 Å². The number of carbonyl (C=O) groups is 2. The zero-order chi connectivity index (χ0) is 17.1. The Morgan fingerprint density at radius 1 is 1.38 bits per heavy atom. The van der Waals surface area contributed by atoms with Crippen molar-refractivity contribution in [3.8, 4) is 0 Å². The van der Waals surface area contributed by atoms with Crippen LogP contribution in [0.25, 0.3) is 11.0 Å². The molecule has 7 heteroatoms. The number of carbonyl (C=O) groups excluding carboxylic acids is 2. The molecule has 2 heterocycles. The minimum absolute atomic E-state index is 0.152. The van der Waals surface area contributed by atoms with Gasteiger partial charge in [-0.2, -0.15) is 5.10 Å². The minimum Gasteiger partial charge on any atom is -0.351 e. The maximum atomic E-state index is 12.0. The first-order valence-corrected chi connectivity index (χ1v) is 8.13.